The number of thioether (sulfide) groups is 1. The van der Waals surface area contributed by atoms with Crippen LogP contribution in [0.4, 0.5) is 0 Å². The molecule has 0 aliphatic heterocycles. The molecule has 1 N–H and O–H groups in total. The number of hydrazone groups is 1. The number of carbonyl (C=O) groups is 1. The van der Waals surface area contributed by atoms with Gasteiger partial charge in [-0.25, -0.2) is 5.43 Å². The van der Waals surface area contributed by atoms with E-state index in [4.69, 9.17) is 46.4 Å². The highest BCUT2D eigenvalue weighted by Crippen LogP contribution is 2.28. The van der Waals surface area contributed by atoms with Crippen LogP contribution >= 0.6 is 58.2 Å². The molecular weight excluding hydrogens is 410 g/mol. The fraction of sp³-hybridized carbons (Fsp3) is 0.125. The fourth-order valence-electron chi connectivity index (χ4n) is 1.75. The summed E-state index contributed by atoms with van der Waals surface area (Å²) in [6.07, 6.45) is 1.41. The number of hydrogen-bond acceptors (Lipinski definition) is 3. The molecular formula is C16H12Cl4N2OS. The topological polar surface area (TPSA) is 41.5 Å². The molecule has 2 aromatic rings. The van der Waals surface area contributed by atoms with E-state index in [-0.39, 0.29) is 11.7 Å². The number of benzene rings is 2. The van der Waals surface area contributed by atoms with Crippen LogP contribution in [0.15, 0.2) is 41.5 Å². The van der Waals surface area contributed by atoms with E-state index in [1.54, 1.807) is 36.4 Å². The summed E-state index contributed by atoms with van der Waals surface area (Å²) in [5.74, 6) is 0.504. The van der Waals surface area contributed by atoms with Crippen molar-refractivity contribution in [2.75, 3.05) is 5.75 Å². The monoisotopic (exact) mass is 420 g/mol. The summed E-state index contributed by atoms with van der Waals surface area (Å²) in [6.45, 7) is 0. The Labute approximate surface area is 164 Å². The number of halogens is 4. The molecule has 3 nitrogen and oxygen atoms in total. The second-order valence-electron chi connectivity index (χ2n) is 4.62. The van der Waals surface area contributed by atoms with Crippen molar-refractivity contribution in [3.63, 3.8) is 0 Å². The standard InChI is InChI=1S/C16H12Cl4N2OS/c17-12-3-1-4-13(18)10(12)7-21-22-16(23)9-24-8-11-14(19)5-2-6-15(11)20/h1-7H,8-9H2,(H,22,23)/b21-7-. The zero-order valence-corrected chi connectivity index (χ0v) is 16.1. The molecule has 0 radical (unpaired) electrons. The molecule has 8 heteroatoms. The molecule has 2 aromatic carbocycles. The second kappa shape index (κ2) is 9.54. The highest BCUT2D eigenvalue weighted by molar-refractivity contribution is 7.99. The van der Waals surface area contributed by atoms with Gasteiger partial charge >= 0.3 is 0 Å². The van der Waals surface area contributed by atoms with Crippen molar-refractivity contribution < 1.29 is 4.79 Å². The van der Waals surface area contributed by atoms with Crippen LogP contribution in [0.25, 0.3) is 0 Å². The lowest BCUT2D eigenvalue weighted by Crippen LogP contribution is -2.19. The SMILES string of the molecule is O=C(CSCc1c(Cl)cccc1Cl)N/N=C\c1c(Cl)cccc1Cl. The lowest BCUT2D eigenvalue weighted by Gasteiger charge is -2.06. The summed E-state index contributed by atoms with van der Waals surface area (Å²) in [5, 5.41) is 5.96. The fourth-order valence-corrected chi connectivity index (χ4v) is 3.80. The molecule has 126 valence electrons. The van der Waals surface area contributed by atoms with Crippen molar-refractivity contribution in [2.45, 2.75) is 5.75 Å². The number of hydrogen-bond donors (Lipinski definition) is 1. The normalized spacial score (nSPS) is 11.0. The Morgan fingerprint density at radius 1 is 1.00 bits per heavy atom. The third-order valence-electron chi connectivity index (χ3n) is 2.92. The van der Waals surface area contributed by atoms with Crippen molar-refractivity contribution in [3.05, 3.63) is 67.6 Å². The van der Waals surface area contributed by atoms with Gasteiger partial charge in [-0.15, -0.1) is 11.8 Å². The van der Waals surface area contributed by atoms with Crippen LogP contribution in [0.1, 0.15) is 11.1 Å². The Kier molecular flexibility index (Phi) is 7.72. The van der Waals surface area contributed by atoms with E-state index >= 15 is 0 Å². The van der Waals surface area contributed by atoms with Gasteiger partial charge in [-0.3, -0.25) is 4.79 Å². The van der Waals surface area contributed by atoms with Crippen LogP contribution in [-0.4, -0.2) is 17.9 Å². The molecule has 2 rings (SSSR count). The number of amides is 1. The molecule has 0 aromatic heterocycles. The van der Waals surface area contributed by atoms with Gasteiger partial charge in [-0.05, 0) is 29.8 Å². The van der Waals surface area contributed by atoms with Gasteiger partial charge in [0.15, 0.2) is 0 Å². The first kappa shape index (κ1) is 19.4. The minimum absolute atomic E-state index is 0.217. The van der Waals surface area contributed by atoms with Crippen LogP contribution < -0.4 is 5.43 Å². The van der Waals surface area contributed by atoms with Gasteiger partial charge in [-0.1, -0.05) is 58.5 Å². The number of carbonyl (C=O) groups excluding carboxylic acids is 1. The van der Waals surface area contributed by atoms with E-state index in [1.165, 1.54) is 18.0 Å². The maximum absolute atomic E-state index is 11.8. The van der Waals surface area contributed by atoms with Gasteiger partial charge in [0.2, 0.25) is 5.91 Å². The predicted molar refractivity (Wildman–Crippen MR) is 105 cm³/mol. The zero-order chi connectivity index (χ0) is 17.5. The molecule has 24 heavy (non-hydrogen) atoms. The Morgan fingerprint density at radius 2 is 1.54 bits per heavy atom. The van der Waals surface area contributed by atoms with Gasteiger partial charge < -0.3 is 0 Å². The first-order valence-electron chi connectivity index (χ1n) is 6.75. The molecule has 0 unspecified atom stereocenters. The summed E-state index contributed by atoms with van der Waals surface area (Å²) in [6, 6.07) is 10.4. The molecule has 1 amide bonds. The van der Waals surface area contributed by atoms with Crippen molar-refractivity contribution in [2.24, 2.45) is 5.10 Å². The summed E-state index contributed by atoms with van der Waals surface area (Å²) >= 11 is 25.6. The molecule has 0 heterocycles. The Morgan fingerprint density at radius 3 is 2.12 bits per heavy atom. The molecule has 0 bridgehead atoms. The Hall–Kier alpha value is -0.910. The molecule has 0 spiro atoms. The Balaban J connectivity index is 1.83. The highest BCUT2D eigenvalue weighted by atomic mass is 35.5. The number of nitrogens with one attached hydrogen (secondary N) is 1. The van der Waals surface area contributed by atoms with Crippen LogP contribution in [0.3, 0.4) is 0 Å². The summed E-state index contributed by atoms with van der Waals surface area (Å²) in [4.78, 5) is 11.8. The van der Waals surface area contributed by atoms with Gasteiger partial charge in [0.05, 0.1) is 22.0 Å². The predicted octanol–water partition coefficient (Wildman–Crippen LogP) is 5.68. The second-order valence-corrected chi connectivity index (χ2v) is 7.24. The van der Waals surface area contributed by atoms with E-state index in [0.29, 0.717) is 31.4 Å². The quantitative estimate of drug-likeness (QED) is 0.481. The third kappa shape index (κ3) is 5.57. The number of rotatable bonds is 6. The lowest BCUT2D eigenvalue weighted by molar-refractivity contribution is -0.118. The minimum atomic E-state index is -0.248. The highest BCUT2D eigenvalue weighted by Gasteiger charge is 2.07. The summed E-state index contributed by atoms with van der Waals surface area (Å²) in [5.41, 5.74) is 3.79. The molecule has 0 atom stereocenters. The van der Waals surface area contributed by atoms with Crippen molar-refractivity contribution in [1.29, 1.82) is 0 Å². The minimum Gasteiger partial charge on any atom is -0.272 e. The average Bonchev–Trinajstić information content (AvgIpc) is 2.53. The van der Waals surface area contributed by atoms with E-state index in [0.717, 1.165) is 5.56 Å². The van der Waals surface area contributed by atoms with Crippen molar-refractivity contribution in [3.8, 4) is 0 Å². The largest absolute Gasteiger partial charge is 0.272 e. The van der Waals surface area contributed by atoms with Crippen LogP contribution in [0, 0.1) is 0 Å². The van der Waals surface area contributed by atoms with E-state index < -0.39 is 0 Å². The van der Waals surface area contributed by atoms with Crippen molar-refractivity contribution >= 4 is 70.3 Å². The molecule has 0 aliphatic rings. The van der Waals surface area contributed by atoms with Gasteiger partial charge in [0.25, 0.3) is 0 Å². The summed E-state index contributed by atoms with van der Waals surface area (Å²) < 4.78 is 0. The van der Waals surface area contributed by atoms with Crippen LogP contribution in [0.2, 0.25) is 20.1 Å². The first-order chi connectivity index (χ1) is 11.5. The lowest BCUT2D eigenvalue weighted by atomic mass is 10.2. The van der Waals surface area contributed by atoms with Gasteiger partial charge in [0, 0.05) is 21.4 Å². The van der Waals surface area contributed by atoms with Crippen molar-refractivity contribution in [1.82, 2.24) is 5.43 Å². The zero-order valence-electron chi connectivity index (χ0n) is 12.2. The number of nitrogens with zero attached hydrogens (tertiary/aromatic N) is 1. The third-order valence-corrected chi connectivity index (χ3v) is 5.25. The molecule has 0 aliphatic carbocycles. The van der Waals surface area contributed by atoms with E-state index in [9.17, 15) is 4.79 Å². The van der Waals surface area contributed by atoms with Crippen LogP contribution in [0.5, 0.6) is 0 Å². The maximum Gasteiger partial charge on any atom is 0.250 e. The molecule has 0 saturated carbocycles. The maximum atomic E-state index is 11.8. The molecule has 0 fully saturated rings. The van der Waals surface area contributed by atoms with Crippen LogP contribution in [-0.2, 0) is 10.5 Å². The Bertz CT molecular complexity index is 727. The van der Waals surface area contributed by atoms with E-state index in [2.05, 4.69) is 10.5 Å². The first-order valence-corrected chi connectivity index (χ1v) is 9.42. The van der Waals surface area contributed by atoms with Gasteiger partial charge in [-0.2, -0.15) is 5.10 Å². The average molecular weight is 422 g/mol. The van der Waals surface area contributed by atoms with E-state index in [1.807, 2.05) is 0 Å². The smallest absolute Gasteiger partial charge is 0.250 e. The van der Waals surface area contributed by atoms with Gasteiger partial charge in [0.1, 0.15) is 0 Å². The summed E-state index contributed by atoms with van der Waals surface area (Å²) in [7, 11) is 0. The molecule has 0 saturated heterocycles.